The van der Waals surface area contributed by atoms with Gasteiger partial charge in [-0.15, -0.1) is 0 Å². The van der Waals surface area contributed by atoms with E-state index in [0.717, 1.165) is 11.1 Å². The summed E-state index contributed by atoms with van der Waals surface area (Å²) in [7, 11) is 4.91. The van der Waals surface area contributed by atoms with Gasteiger partial charge in [-0.3, -0.25) is 4.79 Å². The predicted octanol–water partition coefficient (Wildman–Crippen LogP) is 3.67. The van der Waals surface area contributed by atoms with Crippen molar-refractivity contribution in [1.29, 1.82) is 0 Å². The van der Waals surface area contributed by atoms with E-state index in [-0.39, 0.29) is 12.7 Å². The van der Waals surface area contributed by atoms with Gasteiger partial charge in [0.15, 0.2) is 23.0 Å². The maximum Gasteiger partial charge on any atom is 0.254 e. The third-order valence-corrected chi connectivity index (χ3v) is 4.55. The Kier molecular flexibility index (Phi) is 5.13. The topological polar surface area (TPSA) is 57.2 Å². The van der Waals surface area contributed by atoms with Crippen LogP contribution in [0.3, 0.4) is 0 Å². The standard InChI is InChI=1S/C19H20ClNO5/c1-11-5-15(23-3)16(24-4)8-13(11)9-21(2)19(22)12-6-14(20)18-17(7-12)25-10-26-18/h5-8H,9-10H2,1-4H3. The molecule has 0 saturated heterocycles. The molecule has 138 valence electrons. The van der Waals surface area contributed by atoms with Crippen LogP contribution in [-0.2, 0) is 6.54 Å². The first-order chi connectivity index (χ1) is 12.4. The number of nitrogens with zero attached hydrogens (tertiary/aromatic N) is 1. The first-order valence-corrected chi connectivity index (χ1v) is 8.38. The molecule has 2 aromatic rings. The van der Waals surface area contributed by atoms with Gasteiger partial charge in [-0.2, -0.15) is 0 Å². The first kappa shape index (κ1) is 18.2. The molecule has 2 aromatic carbocycles. The van der Waals surface area contributed by atoms with Crippen molar-refractivity contribution >= 4 is 17.5 Å². The zero-order chi connectivity index (χ0) is 18.8. The van der Waals surface area contributed by atoms with Crippen LogP contribution in [0.2, 0.25) is 5.02 Å². The minimum Gasteiger partial charge on any atom is -0.493 e. The summed E-state index contributed by atoms with van der Waals surface area (Å²) in [4.78, 5) is 14.4. The van der Waals surface area contributed by atoms with Crippen molar-refractivity contribution in [2.45, 2.75) is 13.5 Å². The molecule has 26 heavy (non-hydrogen) atoms. The zero-order valence-corrected chi connectivity index (χ0v) is 15.8. The van der Waals surface area contributed by atoms with E-state index in [2.05, 4.69) is 0 Å². The van der Waals surface area contributed by atoms with Crippen molar-refractivity contribution in [1.82, 2.24) is 4.90 Å². The molecule has 0 unspecified atom stereocenters. The average Bonchev–Trinajstić information content (AvgIpc) is 3.11. The molecule has 0 saturated carbocycles. The normalized spacial score (nSPS) is 12.0. The van der Waals surface area contributed by atoms with Gasteiger partial charge in [-0.1, -0.05) is 11.6 Å². The van der Waals surface area contributed by atoms with E-state index < -0.39 is 0 Å². The van der Waals surface area contributed by atoms with Gasteiger partial charge in [0.1, 0.15) is 0 Å². The highest BCUT2D eigenvalue weighted by Crippen LogP contribution is 2.40. The molecule has 1 aliphatic rings. The molecule has 6 nitrogen and oxygen atoms in total. The van der Waals surface area contributed by atoms with E-state index in [0.29, 0.717) is 40.1 Å². The Hall–Kier alpha value is -2.60. The Morgan fingerprint density at radius 2 is 1.85 bits per heavy atom. The van der Waals surface area contributed by atoms with Crippen molar-refractivity contribution < 1.29 is 23.7 Å². The summed E-state index contributed by atoms with van der Waals surface area (Å²) in [5, 5.41) is 0.360. The van der Waals surface area contributed by atoms with Crippen LogP contribution in [0.4, 0.5) is 0 Å². The molecular formula is C19H20ClNO5. The largest absolute Gasteiger partial charge is 0.493 e. The van der Waals surface area contributed by atoms with Crippen molar-refractivity contribution in [2.24, 2.45) is 0 Å². The monoisotopic (exact) mass is 377 g/mol. The lowest BCUT2D eigenvalue weighted by Crippen LogP contribution is -2.26. The van der Waals surface area contributed by atoms with Crippen LogP contribution in [0.25, 0.3) is 0 Å². The number of benzene rings is 2. The summed E-state index contributed by atoms with van der Waals surface area (Å²) >= 11 is 6.18. The number of halogens is 1. The number of hydrogen-bond acceptors (Lipinski definition) is 5. The second kappa shape index (κ2) is 7.33. The van der Waals surface area contributed by atoms with E-state index >= 15 is 0 Å². The summed E-state index contributed by atoms with van der Waals surface area (Å²) in [6.07, 6.45) is 0. The van der Waals surface area contributed by atoms with Gasteiger partial charge < -0.3 is 23.8 Å². The molecule has 1 aliphatic heterocycles. The highest BCUT2D eigenvalue weighted by molar-refractivity contribution is 6.32. The number of aryl methyl sites for hydroxylation is 1. The molecule has 7 heteroatoms. The average molecular weight is 378 g/mol. The number of carbonyl (C=O) groups is 1. The molecule has 1 heterocycles. The molecule has 0 atom stereocenters. The third kappa shape index (κ3) is 3.37. The number of ether oxygens (including phenoxy) is 4. The molecule has 0 aromatic heterocycles. The molecule has 0 fully saturated rings. The van der Waals surface area contributed by atoms with Crippen LogP contribution in [0, 0.1) is 6.92 Å². The van der Waals surface area contributed by atoms with Gasteiger partial charge in [0.25, 0.3) is 5.91 Å². The highest BCUT2D eigenvalue weighted by Gasteiger charge is 2.22. The lowest BCUT2D eigenvalue weighted by molar-refractivity contribution is 0.0784. The van der Waals surface area contributed by atoms with Gasteiger partial charge >= 0.3 is 0 Å². The number of amides is 1. The van der Waals surface area contributed by atoms with Gasteiger partial charge in [0.2, 0.25) is 6.79 Å². The zero-order valence-electron chi connectivity index (χ0n) is 15.1. The van der Waals surface area contributed by atoms with Crippen LogP contribution < -0.4 is 18.9 Å². The van der Waals surface area contributed by atoms with E-state index in [1.807, 2.05) is 19.1 Å². The first-order valence-electron chi connectivity index (χ1n) is 8.00. The molecule has 0 N–H and O–H groups in total. The number of hydrogen-bond donors (Lipinski definition) is 0. The second-order valence-electron chi connectivity index (χ2n) is 5.99. The van der Waals surface area contributed by atoms with E-state index in [1.54, 1.807) is 38.3 Å². The van der Waals surface area contributed by atoms with E-state index in [4.69, 9.17) is 30.5 Å². The smallest absolute Gasteiger partial charge is 0.254 e. The second-order valence-corrected chi connectivity index (χ2v) is 6.39. The molecular weight excluding hydrogens is 358 g/mol. The highest BCUT2D eigenvalue weighted by atomic mass is 35.5. The minimum absolute atomic E-state index is 0.105. The number of carbonyl (C=O) groups excluding carboxylic acids is 1. The Bertz CT molecular complexity index is 852. The fraction of sp³-hybridized carbons (Fsp3) is 0.316. The summed E-state index contributed by atoms with van der Waals surface area (Å²) in [6.45, 7) is 2.48. The van der Waals surface area contributed by atoms with Gasteiger partial charge in [0.05, 0.1) is 19.2 Å². The number of rotatable bonds is 5. The quantitative estimate of drug-likeness (QED) is 0.795. The van der Waals surface area contributed by atoms with Crippen molar-refractivity contribution in [3.8, 4) is 23.0 Å². The lowest BCUT2D eigenvalue weighted by Gasteiger charge is -2.20. The molecule has 0 radical (unpaired) electrons. The SMILES string of the molecule is COc1cc(C)c(CN(C)C(=O)c2cc(Cl)c3c(c2)OCO3)cc1OC. The Balaban J connectivity index is 1.83. The van der Waals surface area contributed by atoms with Crippen LogP contribution in [0.1, 0.15) is 21.5 Å². The Morgan fingerprint density at radius 3 is 2.54 bits per heavy atom. The molecule has 0 spiro atoms. The minimum atomic E-state index is -0.167. The summed E-state index contributed by atoms with van der Waals surface area (Å²) in [5.41, 5.74) is 2.41. The van der Waals surface area contributed by atoms with Gasteiger partial charge in [-0.25, -0.2) is 0 Å². The Labute approximate surface area is 157 Å². The summed E-state index contributed by atoms with van der Waals surface area (Å²) in [5.74, 6) is 2.07. The summed E-state index contributed by atoms with van der Waals surface area (Å²) < 4.78 is 21.3. The predicted molar refractivity (Wildman–Crippen MR) is 97.7 cm³/mol. The fourth-order valence-electron chi connectivity index (χ4n) is 2.83. The van der Waals surface area contributed by atoms with Crippen LogP contribution >= 0.6 is 11.6 Å². The Morgan fingerprint density at radius 1 is 1.15 bits per heavy atom. The maximum absolute atomic E-state index is 12.8. The van der Waals surface area contributed by atoms with Crippen molar-refractivity contribution in [3.05, 3.63) is 46.0 Å². The van der Waals surface area contributed by atoms with Crippen LogP contribution in [0.15, 0.2) is 24.3 Å². The van der Waals surface area contributed by atoms with Gasteiger partial charge in [-0.05, 0) is 42.3 Å². The van der Waals surface area contributed by atoms with Gasteiger partial charge in [0, 0.05) is 19.2 Å². The van der Waals surface area contributed by atoms with E-state index in [9.17, 15) is 4.79 Å². The molecule has 3 rings (SSSR count). The molecule has 0 bridgehead atoms. The maximum atomic E-state index is 12.8. The summed E-state index contributed by atoms with van der Waals surface area (Å²) in [6, 6.07) is 7.01. The van der Waals surface area contributed by atoms with Crippen molar-refractivity contribution in [2.75, 3.05) is 28.1 Å². The third-order valence-electron chi connectivity index (χ3n) is 4.27. The van der Waals surface area contributed by atoms with Crippen molar-refractivity contribution in [3.63, 3.8) is 0 Å². The molecule has 0 aliphatic carbocycles. The van der Waals surface area contributed by atoms with E-state index in [1.165, 1.54) is 0 Å². The lowest BCUT2D eigenvalue weighted by atomic mass is 10.1. The van der Waals surface area contributed by atoms with Crippen LogP contribution in [0.5, 0.6) is 23.0 Å². The molecule has 1 amide bonds. The van der Waals surface area contributed by atoms with Crippen LogP contribution in [-0.4, -0.2) is 38.9 Å². The number of methoxy groups -OCH3 is 2. The fourth-order valence-corrected chi connectivity index (χ4v) is 3.10. The number of fused-ring (bicyclic) bond motifs is 1.